The first-order chi connectivity index (χ1) is 14.7. The molecule has 10 heteroatoms. The molecule has 8 nitrogen and oxygen atoms in total. The van der Waals surface area contributed by atoms with E-state index in [0.29, 0.717) is 10.6 Å². The highest BCUT2D eigenvalue weighted by Gasteiger charge is 2.26. The first-order valence-electron chi connectivity index (χ1n) is 8.75. The van der Waals surface area contributed by atoms with E-state index in [-0.39, 0.29) is 33.8 Å². The number of nitro benzene ring substituents is 1. The van der Waals surface area contributed by atoms with E-state index in [2.05, 4.69) is 0 Å². The van der Waals surface area contributed by atoms with Gasteiger partial charge in [0.2, 0.25) is 5.88 Å². The van der Waals surface area contributed by atoms with E-state index < -0.39 is 27.8 Å². The second kappa shape index (κ2) is 8.60. The van der Waals surface area contributed by atoms with E-state index in [1.807, 2.05) is 0 Å². The molecule has 1 aromatic heterocycles. The lowest BCUT2D eigenvalue weighted by Crippen LogP contribution is -2.27. The average molecular weight is 458 g/mol. The van der Waals surface area contributed by atoms with E-state index in [0.717, 1.165) is 10.6 Å². The molecule has 0 unspecified atom stereocenters. The number of nitro groups is 1. The fourth-order valence-corrected chi connectivity index (χ4v) is 3.49. The summed E-state index contributed by atoms with van der Waals surface area (Å²) in [6, 6.07) is 11.8. The number of aromatic nitrogens is 1. The molecule has 0 saturated carbocycles. The van der Waals surface area contributed by atoms with Crippen LogP contribution >= 0.6 is 23.2 Å². The molecule has 0 aliphatic carbocycles. The standard InChI is InChI=1S/C21H13Cl2N3O5/c1-11-14(9-24)20(28)25(10-13-4-2-3-5-15(13)22)21(29)18(11)19(27)12-6-7-16(23)17(8-12)26(30)31/h2-8,29H,10H2,1H3. The third kappa shape index (κ3) is 4.01. The quantitative estimate of drug-likeness (QED) is 0.347. The second-order valence-corrected chi connectivity index (χ2v) is 7.36. The van der Waals surface area contributed by atoms with Crippen LogP contribution in [0.4, 0.5) is 5.69 Å². The predicted octanol–water partition coefficient (Wildman–Crippen LogP) is 4.23. The number of nitrogens with zero attached hydrogens (tertiary/aromatic N) is 3. The first-order valence-corrected chi connectivity index (χ1v) is 9.51. The smallest absolute Gasteiger partial charge is 0.288 e. The molecule has 0 radical (unpaired) electrons. The van der Waals surface area contributed by atoms with Crippen molar-refractivity contribution < 1.29 is 14.8 Å². The van der Waals surface area contributed by atoms with Crippen molar-refractivity contribution in [2.45, 2.75) is 13.5 Å². The highest BCUT2D eigenvalue weighted by molar-refractivity contribution is 6.33. The maximum absolute atomic E-state index is 13.1. The van der Waals surface area contributed by atoms with E-state index in [1.54, 1.807) is 30.3 Å². The van der Waals surface area contributed by atoms with Crippen LogP contribution < -0.4 is 5.56 Å². The minimum Gasteiger partial charge on any atom is -0.494 e. The van der Waals surface area contributed by atoms with Crippen LogP contribution in [0.1, 0.15) is 32.6 Å². The van der Waals surface area contributed by atoms with Gasteiger partial charge in [-0.2, -0.15) is 5.26 Å². The van der Waals surface area contributed by atoms with Crippen molar-refractivity contribution in [1.82, 2.24) is 4.57 Å². The Balaban J connectivity index is 2.24. The molecular formula is C21H13Cl2N3O5. The number of carbonyl (C=O) groups excluding carboxylic acids is 1. The maximum atomic E-state index is 13.1. The molecule has 0 bridgehead atoms. The number of halogens is 2. The van der Waals surface area contributed by atoms with Crippen molar-refractivity contribution >= 4 is 34.7 Å². The van der Waals surface area contributed by atoms with Gasteiger partial charge in [0.15, 0.2) is 5.78 Å². The number of rotatable bonds is 5. The summed E-state index contributed by atoms with van der Waals surface area (Å²) in [5.41, 5.74) is -1.64. The normalized spacial score (nSPS) is 10.5. The van der Waals surface area contributed by atoms with Gasteiger partial charge in [-0.3, -0.25) is 24.3 Å². The monoisotopic (exact) mass is 457 g/mol. The van der Waals surface area contributed by atoms with Crippen molar-refractivity contribution in [3.63, 3.8) is 0 Å². The lowest BCUT2D eigenvalue weighted by atomic mass is 9.96. The number of nitriles is 1. The molecule has 0 spiro atoms. The molecule has 3 aromatic rings. The Morgan fingerprint density at radius 3 is 2.52 bits per heavy atom. The van der Waals surface area contributed by atoms with E-state index >= 15 is 0 Å². The topological polar surface area (TPSA) is 126 Å². The molecule has 0 atom stereocenters. The minimum absolute atomic E-state index is 0.0389. The van der Waals surface area contributed by atoms with Gasteiger partial charge in [-0.1, -0.05) is 41.4 Å². The number of ketones is 1. The summed E-state index contributed by atoms with van der Waals surface area (Å²) in [7, 11) is 0. The Bertz CT molecular complexity index is 1340. The van der Waals surface area contributed by atoms with Gasteiger partial charge in [0.25, 0.3) is 11.2 Å². The van der Waals surface area contributed by atoms with Gasteiger partial charge in [-0.05, 0) is 36.2 Å². The predicted molar refractivity (Wildman–Crippen MR) is 114 cm³/mol. The summed E-state index contributed by atoms with van der Waals surface area (Å²) < 4.78 is 0.865. The summed E-state index contributed by atoms with van der Waals surface area (Å²) in [4.78, 5) is 36.3. The molecule has 1 N–H and O–H groups in total. The van der Waals surface area contributed by atoms with Crippen molar-refractivity contribution in [1.29, 1.82) is 5.26 Å². The van der Waals surface area contributed by atoms with Crippen LogP contribution in [-0.2, 0) is 6.54 Å². The van der Waals surface area contributed by atoms with E-state index in [1.165, 1.54) is 19.1 Å². The van der Waals surface area contributed by atoms with Crippen molar-refractivity contribution in [3.8, 4) is 11.9 Å². The Kier molecular flexibility index (Phi) is 6.11. The van der Waals surface area contributed by atoms with Gasteiger partial charge in [0.05, 0.1) is 17.0 Å². The molecule has 0 aliphatic heterocycles. The van der Waals surface area contributed by atoms with Crippen LogP contribution in [0.25, 0.3) is 0 Å². The number of benzene rings is 2. The molecule has 1 heterocycles. The molecule has 0 amide bonds. The summed E-state index contributed by atoms with van der Waals surface area (Å²) in [6.45, 7) is 1.15. The van der Waals surface area contributed by atoms with Crippen LogP contribution in [0.15, 0.2) is 47.3 Å². The third-order valence-electron chi connectivity index (χ3n) is 4.72. The van der Waals surface area contributed by atoms with Crippen molar-refractivity contribution in [2.75, 3.05) is 0 Å². The fourth-order valence-electron chi connectivity index (χ4n) is 3.10. The summed E-state index contributed by atoms with van der Waals surface area (Å²) in [6.07, 6.45) is 0. The Labute approximate surface area is 185 Å². The van der Waals surface area contributed by atoms with E-state index in [4.69, 9.17) is 23.2 Å². The van der Waals surface area contributed by atoms with Gasteiger partial charge in [0, 0.05) is 16.7 Å². The van der Waals surface area contributed by atoms with Crippen molar-refractivity contribution in [3.05, 3.63) is 101 Å². The molecule has 0 aliphatic rings. The SMILES string of the molecule is Cc1c(C(=O)c2ccc(Cl)c([N+](=O)[O-])c2)c(O)n(Cc2ccccc2Cl)c(=O)c1C#N. The molecule has 0 fully saturated rings. The first kappa shape index (κ1) is 22.0. The molecular weight excluding hydrogens is 445 g/mol. The van der Waals surface area contributed by atoms with Crippen LogP contribution in [0.2, 0.25) is 10.0 Å². The average Bonchev–Trinajstić information content (AvgIpc) is 2.72. The third-order valence-corrected chi connectivity index (χ3v) is 5.41. The molecule has 31 heavy (non-hydrogen) atoms. The fraction of sp³-hybridized carbons (Fsp3) is 0.0952. The number of aromatic hydroxyl groups is 1. The van der Waals surface area contributed by atoms with Gasteiger partial charge < -0.3 is 5.11 Å². The zero-order chi connectivity index (χ0) is 22.9. The zero-order valence-electron chi connectivity index (χ0n) is 15.9. The van der Waals surface area contributed by atoms with Crippen LogP contribution in [0.3, 0.4) is 0 Å². The summed E-state index contributed by atoms with van der Waals surface area (Å²) >= 11 is 11.9. The number of carbonyl (C=O) groups is 1. The number of pyridine rings is 1. The van der Waals surface area contributed by atoms with Crippen LogP contribution in [0, 0.1) is 28.4 Å². The zero-order valence-corrected chi connectivity index (χ0v) is 17.4. The maximum Gasteiger partial charge on any atom is 0.288 e. The van der Waals surface area contributed by atoms with Crippen molar-refractivity contribution in [2.24, 2.45) is 0 Å². The molecule has 0 saturated heterocycles. The number of hydrogen-bond donors (Lipinski definition) is 1. The largest absolute Gasteiger partial charge is 0.494 e. The molecule has 156 valence electrons. The van der Waals surface area contributed by atoms with E-state index in [9.17, 15) is 30.1 Å². The summed E-state index contributed by atoms with van der Waals surface area (Å²) in [5.74, 6) is -1.48. The highest BCUT2D eigenvalue weighted by atomic mass is 35.5. The highest BCUT2D eigenvalue weighted by Crippen LogP contribution is 2.30. The van der Waals surface area contributed by atoms with Gasteiger partial charge >= 0.3 is 0 Å². The molecule has 3 rings (SSSR count). The van der Waals surface area contributed by atoms with Gasteiger partial charge in [-0.15, -0.1) is 0 Å². The van der Waals surface area contributed by atoms with Gasteiger partial charge in [-0.25, -0.2) is 0 Å². The Morgan fingerprint density at radius 1 is 1.23 bits per heavy atom. The van der Waals surface area contributed by atoms with Crippen LogP contribution in [-0.4, -0.2) is 20.4 Å². The minimum atomic E-state index is -0.806. The van der Waals surface area contributed by atoms with Crippen LogP contribution in [0.5, 0.6) is 5.88 Å². The summed E-state index contributed by atoms with van der Waals surface area (Å²) in [5, 5.41) is 31.6. The Hall–Kier alpha value is -3.67. The lowest BCUT2D eigenvalue weighted by Gasteiger charge is -2.16. The molecule has 2 aromatic carbocycles. The Morgan fingerprint density at radius 2 is 1.90 bits per heavy atom. The van der Waals surface area contributed by atoms with Gasteiger partial charge in [0.1, 0.15) is 16.7 Å². The number of hydrogen-bond acceptors (Lipinski definition) is 6. The lowest BCUT2D eigenvalue weighted by molar-refractivity contribution is -0.384. The second-order valence-electron chi connectivity index (χ2n) is 6.55.